The van der Waals surface area contributed by atoms with E-state index in [1.807, 2.05) is 32.6 Å². The molecule has 1 aromatic carbocycles. The van der Waals surface area contributed by atoms with Gasteiger partial charge in [0, 0.05) is 31.1 Å². The summed E-state index contributed by atoms with van der Waals surface area (Å²) in [5, 5.41) is -0.222. The Balaban J connectivity index is 2.09. The quantitative estimate of drug-likeness (QED) is 0.754. The van der Waals surface area contributed by atoms with Gasteiger partial charge >= 0.3 is 0 Å². The standard InChI is InChI=1S/C18H26ClFN2O3S/c1-12(2)22(13(3)4)18(23)14-7-9-21(10-8-14)26(24,25)15-5-6-17(20)16(19)11-15/h5-6,11-14H,7-10H2,1-4H3. The molecule has 2 rings (SSSR count). The van der Waals surface area contributed by atoms with Gasteiger partial charge in [0.05, 0.1) is 9.92 Å². The molecular formula is C18H26ClFN2O3S. The van der Waals surface area contributed by atoms with Crippen LogP contribution in [0.3, 0.4) is 0 Å². The maximum absolute atomic E-state index is 13.3. The van der Waals surface area contributed by atoms with Gasteiger partial charge in [-0.1, -0.05) is 11.6 Å². The van der Waals surface area contributed by atoms with E-state index in [4.69, 9.17) is 11.6 Å². The number of benzene rings is 1. The molecule has 0 aliphatic carbocycles. The molecule has 0 aromatic heterocycles. The molecular weight excluding hydrogens is 379 g/mol. The van der Waals surface area contributed by atoms with Crippen molar-refractivity contribution in [1.29, 1.82) is 0 Å². The molecule has 0 radical (unpaired) electrons. The second-order valence-electron chi connectivity index (χ2n) is 7.19. The minimum Gasteiger partial charge on any atom is -0.338 e. The second kappa shape index (κ2) is 8.23. The number of halogens is 2. The highest BCUT2D eigenvalue weighted by Gasteiger charge is 2.35. The molecule has 0 unspecified atom stereocenters. The largest absolute Gasteiger partial charge is 0.338 e. The van der Waals surface area contributed by atoms with E-state index in [2.05, 4.69) is 0 Å². The molecule has 5 nitrogen and oxygen atoms in total. The van der Waals surface area contributed by atoms with Crippen molar-refractivity contribution in [2.24, 2.45) is 5.92 Å². The van der Waals surface area contributed by atoms with Crippen molar-refractivity contribution >= 4 is 27.5 Å². The SMILES string of the molecule is CC(C)N(C(=O)C1CCN(S(=O)(=O)c2ccc(F)c(Cl)c2)CC1)C(C)C. The summed E-state index contributed by atoms with van der Waals surface area (Å²) in [6.07, 6.45) is 0.950. The summed E-state index contributed by atoms with van der Waals surface area (Å²) in [6, 6.07) is 3.60. The van der Waals surface area contributed by atoms with E-state index in [1.165, 1.54) is 10.4 Å². The Labute approximate surface area is 160 Å². The van der Waals surface area contributed by atoms with Crippen molar-refractivity contribution in [3.8, 4) is 0 Å². The number of nitrogens with zero attached hydrogens (tertiary/aromatic N) is 2. The lowest BCUT2D eigenvalue weighted by Crippen LogP contribution is -2.48. The zero-order valence-corrected chi connectivity index (χ0v) is 17.1. The first-order valence-corrected chi connectivity index (χ1v) is 10.6. The van der Waals surface area contributed by atoms with Crippen molar-refractivity contribution < 1.29 is 17.6 Å². The third-order valence-electron chi connectivity index (χ3n) is 4.70. The van der Waals surface area contributed by atoms with E-state index in [0.29, 0.717) is 12.8 Å². The van der Waals surface area contributed by atoms with E-state index in [9.17, 15) is 17.6 Å². The summed E-state index contributed by atoms with van der Waals surface area (Å²) >= 11 is 5.71. The maximum atomic E-state index is 13.3. The normalized spacial score (nSPS) is 17.1. The van der Waals surface area contributed by atoms with Crippen LogP contribution < -0.4 is 0 Å². The number of hydrogen-bond donors (Lipinski definition) is 0. The summed E-state index contributed by atoms with van der Waals surface area (Å²) in [6.45, 7) is 8.45. The van der Waals surface area contributed by atoms with Crippen LogP contribution in [0.15, 0.2) is 23.1 Å². The second-order valence-corrected chi connectivity index (χ2v) is 9.53. The summed E-state index contributed by atoms with van der Waals surface area (Å²) in [5.41, 5.74) is 0. The van der Waals surface area contributed by atoms with Crippen LogP contribution in [0, 0.1) is 11.7 Å². The van der Waals surface area contributed by atoms with Crippen molar-refractivity contribution in [2.75, 3.05) is 13.1 Å². The number of carbonyl (C=O) groups excluding carboxylic acids is 1. The maximum Gasteiger partial charge on any atom is 0.243 e. The topological polar surface area (TPSA) is 57.7 Å². The number of carbonyl (C=O) groups is 1. The lowest BCUT2D eigenvalue weighted by Gasteiger charge is -2.37. The Morgan fingerprint density at radius 3 is 2.19 bits per heavy atom. The first-order valence-electron chi connectivity index (χ1n) is 8.83. The Morgan fingerprint density at radius 2 is 1.73 bits per heavy atom. The summed E-state index contributed by atoms with van der Waals surface area (Å²) in [4.78, 5) is 14.6. The zero-order valence-electron chi connectivity index (χ0n) is 15.6. The molecule has 0 atom stereocenters. The van der Waals surface area contributed by atoms with Gasteiger partial charge in [0.15, 0.2) is 0 Å². The van der Waals surface area contributed by atoms with E-state index in [-0.39, 0.29) is 46.9 Å². The highest BCUT2D eigenvalue weighted by molar-refractivity contribution is 7.89. The van der Waals surface area contributed by atoms with Gasteiger partial charge in [-0.05, 0) is 58.7 Å². The highest BCUT2D eigenvalue weighted by Crippen LogP contribution is 2.28. The van der Waals surface area contributed by atoms with E-state index in [1.54, 1.807) is 0 Å². The fourth-order valence-corrected chi connectivity index (χ4v) is 5.19. The Kier molecular flexibility index (Phi) is 6.69. The first kappa shape index (κ1) is 21.1. The van der Waals surface area contributed by atoms with Crippen molar-refractivity contribution in [3.63, 3.8) is 0 Å². The highest BCUT2D eigenvalue weighted by atomic mass is 35.5. The molecule has 0 N–H and O–H groups in total. The van der Waals surface area contributed by atoms with Crippen LogP contribution in [-0.4, -0.2) is 48.7 Å². The van der Waals surface area contributed by atoms with Crippen molar-refractivity contribution in [1.82, 2.24) is 9.21 Å². The molecule has 0 saturated carbocycles. The average Bonchev–Trinajstić information content (AvgIpc) is 2.56. The molecule has 0 spiro atoms. The van der Waals surface area contributed by atoms with Crippen LogP contribution in [0.5, 0.6) is 0 Å². The molecule has 1 aliphatic heterocycles. The number of hydrogen-bond acceptors (Lipinski definition) is 3. The van der Waals surface area contributed by atoms with E-state index < -0.39 is 15.8 Å². The smallest absolute Gasteiger partial charge is 0.243 e. The van der Waals surface area contributed by atoms with Crippen LogP contribution in [0.4, 0.5) is 4.39 Å². The lowest BCUT2D eigenvalue weighted by molar-refractivity contribution is -0.140. The van der Waals surface area contributed by atoms with Gasteiger partial charge in [-0.15, -0.1) is 0 Å². The first-order chi connectivity index (χ1) is 12.1. The molecule has 1 amide bonds. The summed E-state index contributed by atoms with van der Waals surface area (Å²) in [7, 11) is -3.75. The number of rotatable bonds is 5. The molecule has 8 heteroatoms. The van der Waals surface area contributed by atoms with Gasteiger partial charge in [-0.3, -0.25) is 4.79 Å². The van der Waals surface area contributed by atoms with Gasteiger partial charge in [-0.2, -0.15) is 4.31 Å². The Hall–Kier alpha value is -1.18. The number of piperidine rings is 1. The van der Waals surface area contributed by atoms with Gasteiger partial charge < -0.3 is 4.90 Å². The lowest BCUT2D eigenvalue weighted by atomic mass is 9.95. The van der Waals surface area contributed by atoms with Crippen LogP contribution in [-0.2, 0) is 14.8 Å². The summed E-state index contributed by atoms with van der Waals surface area (Å²) in [5.74, 6) is -0.752. The molecule has 1 aliphatic rings. The third-order valence-corrected chi connectivity index (χ3v) is 6.88. The average molecular weight is 405 g/mol. The predicted octanol–water partition coefficient (Wildman–Crippen LogP) is 3.53. The third kappa shape index (κ3) is 4.38. The molecule has 1 aromatic rings. The monoisotopic (exact) mass is 404 g/mol. The van der Waals surface area contributed by atoms with Gasteiger partial charge in [0.2, 0.25) is 15.9 Å². The number of amides is 1. The molecule has 1 saturated heterocycles. The predicted molar refractivity (Wildman–Crippen MR) is 100 cm³/mol. The van der Waals surface area contributed by atoms with Crippen molar-refractivity contribution in [3.05, 3.63) is 29.0 Å². The van der Waals surface area contributed by atoms with Crippen molar-refractivity contribution in [2.45, 2.75) is 57.5 Å². The molecule has 1 heterocycles. The van der Waals surface area contributed by atoms with Crippen LogP contribution in [0.25, 0.3) is 0 Å². The van der Waals surface area contributed by atoms with Gasteiger partial charge in [0.1, 0.15) is 5.82 Å². The minimum atomic E-state index is -3.75. The van der Waals surface area contributed by atoms with Gasteiger partial charge in [0.25, 0.3) is 0 Å². The molecule has 146 valence electrons. The number of sulfonamides is 1. The Bertz CT molecular complexity index is 752. The van der Waals surface area contributed by atoms with Gasteiger partial charge in [-0.25, -0.2) is 12.8 Å². The fourth-order valence-electron chi connectivity index (χ4n) is 3.45. The zero-order chi connectivity index (χ0) is 19.6. The molecule has 26 heavy (non-hydrogen) atoms. The van der Waals surface area contributed by atoms with Crippen LogP contribution in [0.2, 0.25) is 5.02 Å². The van der Waals surface area contributed by atoms with E-state index >= 15 is 0 Å². The minimum absolute atomic E-state index is 0.0281. The molecule has 0 bridgehead atoms. The molecule has 1 fully saturated rings. The fraction of sp³-hybridized carbons (Fsp3) is 0.611. The van der Waals surface area contributed by atoms with Crippen LogP contribution >= 0.6 is 11.6 Å². The van der Waals surface area contributed by atoms with E-state index in [0.717, 1.165) is 12.1 Å². The Morgan fingerprint density at radius 1 is 1.19 bits per heavy atom. The summed E-state index contributed by atoms with van der Waals surface area (Å²) < 4.78 is 40.1. The van der Waals surface area contributed by atoms with Crippen LogP contribution in [0.1, 0.15) is 40.5 Å².